The van der Waals surface area contributed by atoms with Gasteiger partial charge in [0, 0.05) is 17.3 Å². The summed E-state index contributed by atoms with van der Waals surface area (Å²) in [6, 6.07) is 7.08. The van der Waals surface area contributed by atoms with Gasteiger partial charge in [0.15, 0.2) is 0 Å². The summed E-state index contributed by atoms with van der Waals surface area (Å²) in [4.78, 5) is 23.6. The van der Waals surface area contributed by atoms with Gasteiger partial charge in [-0.25, -0.2) is 4.68 Å². The minimum absolute atomic E-state index is 0.0386. The molecule has 2 amide bonds. The first-order valence-electron chi connectivity index (χ1n) is 6.62. The van der Waals surface area contributed by atoms with Gasteiger partial charge in [0.25, 0.3) is 5.91 Å². The number of carbonyl (C=O) groups excluding carboxylic acids is 2. The number of benzene rings is 1. The monoisotopic (exact) mass is 286 g/mol. The molecular weight excluding hydrogens is 272 g/mol. The van der Waals surface area contributed by atoms with Crippen LogP contribution in [0.2, 0.25) is 0 Å². The molecule has 1 fully saturated rings. The molecule has 3 rings (SSSR count). The molecule has 0 saturated heterocycles. The van der Waals surface area contributed by atoms with Crippen LogP contribution in [0.25, 0.3) is 0 Å². The Morgan fingerprint density at radius 3 is 2.62 bits per heavy atom. The highest BCUT2D eigenvalue weighted by atomic mass is 16.2. The fourth-order valence-electron chi connectivity index (χ4n) is 1.80. The van der Waals surface area contributed by atoms with Crippen LogP contribution in [0.4, 0.5) is 5.69 Å². The second-order valence-corrected chi connectivity index (χ2v) is 4.88. The zero-order valence-electron chi connectivity index (χ0n) is 11.2. The first-order valence-corrected chi connectivity index (χ1v) is 6.62. The predicted molar refractivity (Wildman–Crippen MR) is 73.4 cm³/mol. The van der Waals surface area contributed by atoms with Gasteiger partial charge in [0.05, 0.1) is 0 Å². The Hall–Kier alpha value is -2.77. The molecule has 8 heteroatoms. The summed E-state index contributed by atoms with van der Waals surface area (Å²) in [6.45, 7) is 0.0386. The number of hydrogen-bond donors (Lipinski definition) is 2. The minimum atomic E-state index is -0.238. The molecule has 8 nitrogen and oxygen atoms in total. The van der Waals surface area contributed by atoms with E-state index in [9.17, 15) is 9.59 Å². The number of tetrazole rings is 1. The van der Waals surface area contributed by atoms with Crippen LogP contribution in [-0.4, -0.2) is 38.1 Å². The van der Waals surface area contributed by atoms with Crippen LogP contribution >= 0.6 is 0 Å². The Bertz CT molecular complexity index is 633. The van der Waals surface area contributed by atoms with Gasteiger partial charge in [-0.1, -0.05) is 0 Å². The summed E-state index contributed by atoms with van der Waals surface area (Å²) in [5.41, 5.74) is 1.21. The average Bonchev–Trinajstić information content (AvgIpc) is 3.13. The van der Waals surface area contributed by atoms with Crippen molar-refractivity contribution >= 4 is 17.5 Å². The first kappa shape index (κ1) is 13.2. The van der Waals surface area contributed by atoms with Crippen LogP contribution in [0, 0.1) is 0 Å². The van der Waals surface area contributed by atoms with E-state index in [1.165, 1.54) is 11.0 Å². The minimum Gasteiger partial charge on any atom is -0.349 e. The molecule has 0 aliphatic heterocycles. The maximum absolute atomic E-state index is 11.8. The lowest BCUT2D eigenvalue weighted by Crippen LogP contribution is -2.25. The van der Waals surface area contributed by atoms with Gasteiger partial charge >= 0.3 is 0 Å². The van der Waals surface area contributed by atoms with Crippen LogP contribution in [0.5, 0.6) is 0 Å². The Morgan fingerprint density at radius 1 is 1.24 bits per heavy atom. The fourth-order valence-corrected chi connectivity index (χ4v) is 1.80. The quantitative estimate of drug-likeness (QED) is 0.817. The van der Waals surface area contributed by atoms with E-state index in [2.05, 4.69) is 26.2 Å². The van der Waals surface area contributed by atoms with E-state index in [1.807, 2.05) is 0 Å². The van der Waals surface area contributed by atoms with Gasteiger partial charge in [-0.05, 0) is 47.5 Å². The second kappa shape index (κ2) is 5.70. The molecule has 0 spiro atoms. The van der Waals surface area contributed by atoms with Crippen molar-refractivity contribution in [3.63, 3.8) is 0 Å². The number of carbonyl (C=O) groups is 2. The lowest BCUT2D eigenvalue weighted by Gasteiger charge is -2.06. The Morgan fingerprint density at radius 2 is 2.00 bits per heavy atom. The van der Waals surface area contributed by atoms with Crippen LogP contribution in [0.1, 0.15) is 23.2 Å². The van der Waals surface area contributed by atoms with E-state index >= 15 is 0 Å². The van der Waals surface area contributed by atoms with Gasteiger partial charge < -0.3 is 10.6 Å². The molecule has 1 aromatic carbocycles. The molecule has 108 valence electrons. The third kappa shape index (κ3) is 3.62. The Labute approximate surface area is 120 Å². The molecule has 0 bridgehead atoms. The topological polar surface area (TPSA) is 102 Å². The molecule has 1 heterocycles. The van der Waals surface area contributed by atoms with E-state index in [4.69, 9.17) is 0 Å². The lowest BCUT2D eigenvalue weighted by molar-refractivity contribution is -0.116. The summed E-state index contributed by atoms with van der Waals surface area (Å²) < 4.78 is 1.33. The maximum atomic E-state index is 11.8. The van der Waals surface area contributed by atoms with Gasteiger partial charge in [-0.15, -0.1) is 5.10 Å². The Balaban J connectivity index is 1.56. The Kier molecular flexibility index (Phi) is 3.59. The highest BCUT2D eigenvalue weighted by Gasteiger charge is 2.23. The normalized spacial score (nSPS) is 13.7. The van der Waals surface area contributed by atoms with Crippen molar-refractivity contribution in [1.29, 1.82) is 0 Å². The van der Waals surface area contributed by atoms with Crippen LogP contribution in [-0.2, 0) is 11.3 Å². The molecule has 21 heavy (non-hydrogen) atoms. The number of nitrogens with zero attached hydrogens (tertiary/aromatic N) is 4. The summed E-state index contributed by atoms with van der Waals surface area (Å²) in [5, 5.41) is 16.1. The summed E-state index contributed by atoms with van der Waals surface area (Å²) >= 11 is 0. The highest BCUT2D eigenvalue weighted by molar-refractivity contribution is 5.96. The SMILES string of the molecule is O=C(Cn1cnnn1)Nc1ccc(C(=O)NC2CC2)cc1. The van der Waals surface area contributed by atoms with Crippen LogP contribution in [0.3, 0.4) is 0 Å². The zero-order chi connectivity index (χ0) is 14.7. The van der Waals surface area contributed by atoms with Crippen LogP contribution < -0.4 is 10.6 Å². The second-order valence-electron chi connectivity index (χ2n) is 4.88. The third-order valence-corrected chi connectivity index (χ3v) is 3.04. The molecule has 1 saturated carbocycles. The summed E-state index contributed by atoms with van der Waals surface area (Å²) in [7, 11) is 0. The van der Waals surface area contributed by atoms with Crippen molar-refractivity contribution in [3.8, 4) is 0 Å². The van der Waals surface area contributed by atoms with Crippen molar-refractivity contribution in [1.82, 2.24) is 25.5 Å². The number of nitrogens with one attached hydrogen (secondary N) is 2. The summed E-state index contributed by atoms with van der Waals surface area (Å²) in [5.74, 6) is -0.318. The van der Waals surface area contributed by atoms with Crippen molar-refractivity contribution in [2.24, 2.45) is 0 Å². The molecular formula is C13H14N6O2. The summed E-state index contributed by atoms with van der Waals surface area (Å²) in [6.07, 6.45) is 3.47. The van der Waals surface area contributed by atoms with Gasteiger partial charge in [0.2, 0.25) is 5.91 Å². The third-order valence-electron chi connectivity index (χ3n) is 3.04. The number of aromatic nitrogens is 4. The van der Waals surface area contributed by atoms with E-state index in [1.54, 1.807) is 24.3 Å². The molecule has 2 N–H and O–H groups in total. The molecule has 0 atom stereocenters. The first-order chi connectivity index (χ1) is 10.2. The van der Waals surface area contributed by atoms with Gasteiger partial charge in [-0.2, -0.15) is 0 Å². The van der Waals surface area contributed by atoms with E-state index < -0.39 is 0 Å². The van der Waals surface area contributed by atoms with Crippen molar-refractivity contribution in [2.45, 2.75) is 25.4 Å². The van der Waals surface area contributed by atoms with E-state index in [-0.39, 0.29) is 18.4 Å². The van der Waals surface area contributed by atoms with E-state index in [0.717, 1.165) is 12.8 Å². The zero-order valence-corrected chi connectivity index (χ0v) is 11.2. The number of anilines is 1. The maximum Gasteiger partial charge on any atom is 0.251 e. The van der Waals surface area contributed by atoms with Gasteiger partial charge in [0.1, 0.15) is 12.9 Å². The molecule has 1 aliphatic carbocycles. The predicted octanol–water partition coefficient (Wildman–Crippen LogP) is 0.204. The number of hydrogen-bond acceptors (Lipinski definition) is 5. The van der Waals surface area contributed by atoms with Crippen LogP contribution in [0.15, 0.2) is 30.6 Å². The van der Waals surface area contributed by atoms with Gasteiger partial charge in [-0.3, -0.25) is 9.59 Å². The largest absolute Gasteiger partial charge is 0.349 e. The average molecular weight is 286 g/mol. The molecule has 2 aromatic rings. The molecule has 0 unspecified atom stereocenters. The van der Waals surface area contributed by atoms with Crippen molar-refractivity contribution < 1.29 is 9.59 Å². The smallest absolute Gasteiger partial charge is 0.251 e. The molecule has 1 aromatic heterocycles. The van der Waals surface area contributed by atoms with E-state index in [0.29, 0.717) is 17.3 Å². The molecule has 0 radical (unpaired) electrons. The standard InChI is InChI=1S/C13H14N6O2/c20-12(7-19-8-14-17-18-19)15-10-3-1-9(2-4-10)13(21)16-11-5-6-11/h1-4,8,11H,5-7H2,(H,15,20)(H,16,21). The van der Waals surface area contributed by atoms with Crippen molar-refractivity contribution in [2.75, 3.05) is 5.32 Å². The fraction of sp³-hybridized carbons (Fsp3) is 0.308. The number of amides is 2. The molecule has 1 aliphatic rings. The lowest BCUT2D eigenvalue weighted by atomic mass is 10.2. The number of rotatable bonds is 5. The van der Waals surface area contributed by atoms with Crippen molar-refractivity contribution in [3.05, 3.63) is 36.2 Å². The highest BCUT2D eigenvalue weighted by Crippen LogP contribution is 2.19.